The molecule has 1 spiro atoms. The maximum absolute atomic E-state index is 13.9. The zero-order valence-corrected chi connectivity index (χ0v) is 20.8. The Kier molecular flexibility index (Phi) is 4.79. The first-order chi connectivity index (χ1) is 17.8. The highest BCUT2D eigenvalue weighted by Gasteiger charge is 2.75. The molecule has 3 N–H and O–H groups in total. The molecule has 1 amide bonds. The van der Waals surface area contributed by atoms with Gasteiger partial charge in [0.1, 0.15) is 12.0 Å². The summed E-state index contributed by atoms with van der Waals surface area (Å²) in [6.45, 7) is 1.62. The number of ether oxygens (including phenoxy) is 1. The fourth-order valence-corrected chi connectivity index (χ4v) is 7.66. The molecule has 9 heteroatoms. The number of rotatable bonds is 4. The van der Waals surface area contributed by atoms with Gasteiger partial charge in [0.25, 0.3) is 0 Å². The first-order valence-electron chi connectivity index (χ1n) is 12.8. The van der Waals surface area contributed by atoms with E-state index in [2.05, 4.69) is 10.2 Å². The second-order valence-electron chi connectivity index (χ2n) is 11.2. The number of anilines is 1. The van der Waals surface area contributed by atoms with Gasteiger partial charge in [0.05, 0.1) is 21.6 Å². The third-order valence-electron chi connectivity index (χ3n) is 9.30. The van der Waals surface area contributed by atoms with Gasteiger partial charge in [0.15, 0.2) is 23.4 Å². The number of phenolic OH excluding ortho intramolecular Hbond substituents is 1. The van der Waals surface area contributed by atoms with E-state index in [-0.39, 0.29) is 40.3 Å². The number of hydrogen-bond acceptors (Lipinski definition) is 7. The van der Waals surface area contributed by atoms with Gasteiger partial charge in [-0.05, 0) is 74.4 Å². The summed E-state index contributed by atoms with van der Waals surface area (Å²) in [6.07, 6.45) is 2.37. The van der Waals surface area contributed by atoms with Crippen molar-refractivity contribution >= 4 is 29.0 Å². The molecule has 5 atom stereocenters. The highest BCUT2D eigenvalue weighted by molar-refractivity contribution is 6.32. The SMILES string of the molecule is N#Cc1ccc(NC(=O)C2C[C@@]3(O)[C@H]4Cc5ccc(O)c6c5[C@@]3(CCN4CC3CC3)[C@@H](O6)C2=O)cc1Cl. The van der Waals surface area contributed by atoms with Gasteiger partial charge in [-0.2, -0.15) is 5.26 Å². The molecule has 2 aliphatic heterocycles. The summed E-state index contributed by atoms with van der Waals surface area (Å²) in [6, 6.07) is 9.73. The number of ketones is 1. The number of nitrogens with one attached hydrogen (secondary N) is 1. The lowest BCUT2D eigenvalue weighted by molar-refractivity contribution is -0.197. The van der Waals surface area contributed by atoms with Crippen LogP contribution < -0.4 is 10.1 Å². The van der Waals surface area contributed by atoms with Gasteiger partial charge >= 0.3 is 0 Å². The zero-order chi connectivity index (χ0) is 25.7. The molecule has 0 aromatic heterocycles. The molecule has 2 saturated carbocycles. The van der Waals surface area contributed by atoms with E-state index in [0.717, 1.165) is 24.2 Å². The Balaban J connectivity index is 1.29. The minimum atomic E-state index is -1.38. The van der Waals surface area contributed by atoms with E-state index in [1.165, 1.54) is 25.0 Å². The lowest BCUT2D eigenvalue weighted by Crippen LogP contribution is -2.78. The van der Waals surface area contributed by atoms with Crippen molar-refractivity contribution in [2.45, 2.75) is 55.3 Å². The second kappa shape index (κ2) is 7.70. The van der Waals surface area contributed by atoms with Crippen molar-refractivity contribution in [3.8, 4) is 17.6 Å². The zero-order valence-electron chi connectivity index (χ0n) is 20.0. The number of piperidine rings is 1. The summed E-state index contributed by atoms with van der Waals surface area (Å²) >= 11 is 6.14. The monoisotopic (exact) mass is 519 g/mol. The number of amides is 1. The van der Waals surface area contributed by atoms with Crippen LogP contribution in [0.4, 0.5) is 5.69 Å². The molecular formula is C28H26ClN3O5. The molecule has 7 rings (SSSR count). The van der Waals surface area contributed by atoms with Gasteiger partial charge < -0.3 is 20.3 Å². The number of carbonyl (C=O) groups excluding carboxylic acids is 2. The van der Waals surface area contributed by atoms with Crippen molar-refractivity contribution in [3.05, 3.63) is 52.0 Å². The molecule has 37 heavy (non-hydrogen) atoms. The Morgan fingerprint density at radius 3 is 2.84 bits per heavy atom. The van der Waals surface area contributed by atoms with Crippen LogP contribution in [0, 0.1) is 23.2 Å². The average Bonchev–Trinajstić information content (AvgIpc) is 3.61. The quantitative estimate of drug-likeness (QED) is 0.531. The van der Waals surface area contributed by atoms with E-state index in [4.69, 9.17) is 21.6 Å². The van der Waals surface area contributed by atoms with Crippen LogP contribution in [0.15, 0.2) is 30.3 Å². The van der Waals surface area contributed by atoms with E-state index in [9.17, 15) is 19.8 Å². The van der Waals surface area contributed by atoms with Gasteiger partial charge in [0.2, 0.25) is 5.91 Å². The van der Waals surface area contributed by atoms with Gasteiger partial charge in [-0.25, -0.2) is 0 Å². The third kappa shape index (κ3) is 3.02. The van der Waals surface area contributed by atoms with Crippen molar-refractivity contribution in [1.82, 2.24) is 4.90 Å². The molecular weight excluding hydrogens is 494 g/mol. The molecule has 1 saturated heterocycles. The number of phenols is 1. The van der Waals surface area contributed by atoms with Crippen molar-refractivity contribution in [2.75, 3.05) is 18.4 Å². The number of benzene rings is 2. The minimum absolute atomic E-state index is 0.0259. The lowest BCUT2D eigenvalue weighted by Gasteiger charge is -2.63. The number of aliphatic hydroxyl groups is 1. The fraction of sp³-hybridized carbons (Fsp3) is 0.464. The highest BCUT2D eigenvalue weighted by atomic mass is 35.5. The molecule has 0 radical (unpaired) electrons. The summed E-state index contributed by atoms with van der Waals surface area (Å²) in [5.74, 6) is -1.24. The fourth-order valence-electron chi connectivity index (χ4n) is 7.44. The summed E-state index contributed by atoms with van der Waals surface area (Å²) in [7, 11) is 0. The molecule has 5 aliphatic rings. The predicted molar refractivity (Wildman–Crippen MR) is 133 cm³/mol. The topological polar surface area (TPSA) is 123 Å². The summed E-state index contributed by atoms with van der Waals surface area (Å²) in [5.41, 5.74) is 0.00823. The molecule has 8 nitrogen and oxygen atoms in total. The van der Waals surface area contributed by atoms with Gasteiger partial charge in [-0.1, -0.05) is 17.7 Å². The second-order valence-corrected chi connectivity index (χ2v) is 11.6. The van der Waals surface area contributed by atoms with E-state index in [0.29, 0.717) is 24.4 Å². The number of nitriles is 1. The maximum atomic E-state index is 13.9. The number of hydrogen-bond donors (Lipinski definition) is 3. The smallest absolute Gasteiger partial charge is 0.235 e. The Bertz CT molecular complexity index is 1420. The Hall–Kier alpha value is -3.12. The van der Waals surface area contributed by atoms with Crippen molar-refractivity contribution in [1.29, 1.82) is 5.26 Å². The van der Waals surface area contributed by atoms with E-state index in [1.54, 1.807) is 12.1 Å². The van der Waals surface area contributed by atoms with Crippen LogP contribution in [0.5, 0.6) is 11.5 Å². The largest absolute Gasteiger partial charge is 0.504 e. The van der Waals surface area contributed by atoms with E-state index >= 15 is 0 Å². The number of likely N-dealkylation sites (tertiary alicyclic amines) is 1. The van der Waals surface area contributed by atoms with E-state index in [1.807, 2.05) is 12.1 Å². The molecule has 2 aromatic rings. The van der Waals surface area contributed by atoms with Crippen LogP contribution in [0.2, 0.25) is 5.02 Å². The number of aromatic hydroxyl groups is 1. The van der Waals surface area contributed by atoms with Crippen molar-refractivity contribution in [2.24, 2.45) is 11.8 Å². The standard InChI is InChI=1S/C28H26ClN3O5/c29-19-10-17(5-3-16(19)12-30)31-26(35)18-11-28(36)21-9-15-4-6-20(33)24-22(15)27(28,25(37-24)23(18)34)7-8-32(21)13-14-1-2-14/h3-6,10,14,18,21,25,33,36H,1-2,7-9,11,13H2,(H,31,35)/t18?,21-,25+,27+,28-/m1/s1. The predicted octanol–water partition coefficient (Wildman–Crippen LogP) is 2.92. The van der Waals surface area contributed by atoms with Gasteiger partial charge in [-0.15, -0.1) is 0 Å². The van der Waals surface area contributed by atoms with Crippen LogP contribution in [0.25, 0.3) is 0 Å². The average molecular weight is 520 g/mol. The van der Waals surface area contributed by atoms with Crippen LogP contribution in [0.3, 0.4) is 0 Å². The molecule has 2 aromatic carbocycles. The van der Waals surface area contributed by atoms with Gasteiger partial charge in [0, 0.05) is 23.8 Å². The number of halogens is 1. The third-order valence-corrected chi connectivity index (χ3v) is 9.62. The minimum Gasteiger partial charge on any atom is -0.504 e. The summed E-state index contributed by atoms with van der Waals surface area (Å²) in [5, 5.41) is 35.4. The number of nitrogens with zero attached hydrogens (tertiary/aromatic N) is 2. The lowest BCUT2D eigenvalue weighted by atomic mass is 9.47. The summed E-state index contributed by atoms with van der Waals surface area (Å²) < 4.78 is 6.18. The molecule has 190 valence electrons. The number of Topliss-reactive ketones (excluding diaryl/α,β-unsaturated/α-hetero) is 1. The first-order valence-corrected chi connectivity index (χ1v) is 13.2. The van der Waals surface area contributed by atoms with Crippen LogP contribution >= 0.6 is 11.6 Å². The maximum Gasteiger partial charge on any atom is 0.235 e. The Morgan fingerprint density at radius 2 is 2.11 bits per heavy atom. The molecule has 2 heterocycles. The Labute approximate surface area is 218 Å². The molecule has 2 bridgehead atoms. The van der Waals surface area contributed by atoms with Crippen molar-refractivity contribution in [3.63, 3.8) is 0 Å². The van der Waals surface area contributed by atoms with E-state index < -0.39 is 28.9 Å². The Morgan fingerprint density at radius 1 is 1.30 bits per heavy atom. The molecule has 3 fully saturated rings. The molecule has 1 unspecified atom stereocenters. The van der Waals surface area contributed by atoms with Gasteiger partial charge in [-0.3, -0.25) is 14.5 Å². The summed E-state index contributed by atoms with van der Waals surface area (Å²) in [4.78, 5) is 29.8. The van der Waals surface area contributed by atoms with Crippen molar-refractivity contribution < 1.29 is 24.5 Å². The van der Waals surface area contributed by atoms with Crippen LogP contribution in [-0.4, -0.2) is 57.6 Å². The molecule has 3 aliphatic carbocycles. The normalized spacial score (nSPS) is 33.3. The first kappa shape index (κ1) is 23.0. The highest BCUT2D eigenvalue weighted by Crippen LogP contribution is 2.65. The van der Waals surface area contributed by atoms with Crippen LogP contribution in [0.1, 0.15) is 42.4 Å². The van der Waals surface area contributed by atoms with Crippen LogP contribution in [-0.2, 0) is 21.4 Å². The number of carbonyl (C=O) groups is 2.